The second kappa shape index (κ2) is 7.04. The number of methoxy groups -OCH3 is 1. The minimum absolute atomic E-state index is 0.0447. The molecule has 0 unspecified atom stereocenters. The van der Waals surface area contributed by atoms with Gasteiger partial charge in [-0.05, 0) is 42.4 Å². The Kier molecular flexibility index (Phi) is 5.36. The van der Waals surface area contributed by atoms with E-state index >= 15 is 0 Å². The summed E-state index contributed by atoms with van der Waals surface area (Å²) in [4.78, 5) is 0. The second-order valence-electron chi connectivity index (χ2n) is 5.44. The summed E-state index contributed by atoms with van der Waals surface area (Å²) >= 11 is 0. The molecule has 0 amide bonds. The molecule has 2 N–H and O–H groups in total. The minimum Gasteiger partial charge on any atom is -0.493 e. The number of rotatable bonds is 9. The first-order valence-electron chi connectivity index (χ1n) is 7.02. The lowest BCUT2D eigenvalue weighted by molar-refractivity contribution is -0.0512. The van der Waals surface area contributed by atoms with Gasteiger partial charge in [0.1, 0.15) is 0 Å². The van der Waals surface area contributed by atoms with Gasteiger partial charge in [-0.25, -0.2) is 0 Å². The van der Waals surface area contributed by atoms with E-state index in [0.717, 1.165) is 31.4 Å². The average Bonchev–Trinajstić information content (AvgIpc) is 3.19. The first-order chi connectivity index (χ1) is 10.1. The Balaban J connectivity index is 1.91. The molecule has 0 bridgehead atoms. The van der Waals surface area contributed by atoms with Gasteiger partial charge < -0.3 is 19.9 Å². The predicted octanol–water partition coefficient (Wildman–Crippen LogP) is 2.55. The molecule has 118 valence electrons. The van der Waals surface area contributed by atoms with Crippen LogP contribution in [-0.4, -0.2) is 32.0 Å². The molecule has 2 rings (SSSR count). The van der Waals surface area contributed by atoms with Crippen LogP contribution in [0.25, 0.3) is 0 Å². The van der Waals surface area contributed by atoms with Gasteiger partial charge in [-0.2, -0.15) is 8.78 Å². The summed E-state index contributed by atoms with van der Waals surface area (Å²) < 4.78 is 34.2. The van der Waals surface area contributed by atoms with Gasteiger partial charge in [-0.3, -0.25) is 0 Å². The minimum atomic E-state index is -2.87. The highest BCUT2D eigenvalue weighted by Gasteiger charge is 2.41. The van der Waals surface area contributed by atoms with Crippen molar-refractivity contribution in [3.05, 3.63) is 23.8 Å². The van der Waals surface area contributed by atoms with Gasteiger partial charge in [-0.1, -0.05) is 6.07 Å². The van der Waals surface area contributed by atoms with Crippen molar-refractivity contribution < 1.29 is 23.4 Å². The summed E-state index contributed by atoms with van der Waals surface area (Å²) in [6.07, 6.45) is 3.06. The maximum Gasteiger partial charge on any atom is 0.387 e. The summed E-state index contributed by atoms with van der Waals surface area (Å²) in [7, 11) is 1.41. The van der Waals surface area contributed by atoms with Crippen LogP contribution in [-0.2, 0) is 6.54 Å². The fraction of sp³-hybridized carbons (Fsp3) is 0.600. The molecule has 0 saturated heterocycles. The van der Waals surface area contributed by atoms with Crippen LogP contribution >= 0.6 is 0 Å². The van der Waals surface area contributed by atoms with Crippen molar-refractivity contribution in [3.8, 4) is 11.5 Å². The summed E-state index contributed by atoms with van der Waals surface area (Å²) in [6.45, 7) is -1.28. The number of aliphatic hydroxyl groups is 1. The third kappa shape index (κ3) is 4.54. The van der Waals surface area contributed by atoms with Gasteiger partial charge in [0.2, 0.25) is 0 Å². The molecule has 0 heterocycles. The van der Waals surface area contributed by atoms with E-state index in [2.05, 4.69) is 10.1 Å². The first-order valence-corrected chi connectivity index (χ1v) is 7.02. The van der Waals surface area contributed by atoms with Crippen LogP contribution in [0.2, 0.25) is 0 Å². The molecule has 1 aromatic carbocycles. The van der Waals surface area contributed by atoms with E-state index < -0.39 is 6.61 Å². The molecule has 21 heavy (non-hydrogen) atoms. The van der Waals surface area contributed by atoms with E-state index in [1.165, 1.54) is 7.11 Å². The predicted molar refractivity (Wildman–Crippen MR) is 74.7 cm³/mol. The number of nitrogens with one attached hydrogen (secondary N) is 1. The molecule has 1 aromatic rings. The quantitative estimate of drug-likeness (QED) is 0.736. The van der Waals surface area contributed by atoms with Crippen molar-refractivity contribution in [2.75, 3.05) is 20.3 Å². The van der Waals surface area contributed by atoms with Crippen molar-refractivity contribution in [3.63, 3.8) is 0 Å². The molecule has 1 fully saturated rings. The number of benzene rings is 1. The number of halogens is 2. The molecule has 4 nitrogen and oxygen atoms in total. The number of ether oxygens (including phenoxy) is 2. The highest BCUT2D eigenvalue weighted by molar-refractivity contribution is 5.43. The van der Waals surface area contributed by atoms with E-state index in [4.69, 9.17) is 9.84 Å². The van der Waals surface area contributed by atoms with Crippen LogP contribution in [0, 0.1) is 5.41 Å². The zero-order valence-electron chi connectivity index (χ0n) is 12.1. The number of hydrogen-bond donors (Lipinski definition) is 2. The van der Waals surface area contributed by atoms with Gasteiger partial charge in [0.15, 0.2) is 11.5 Å². The number of hydrogen-bond acceptors (Lipinski definition) is 4. The van der Waals surface area contributed by atoms with Crippen LogP contribution in [0.1, 0.15) is 24.8 Å². The SMILES string of the molecule is COc1ccc(CNCC2(CCO)CC2)cc1OC(F)F. The average molecular weight is 301 g/mol. The lowest BCUT2D eigenvalue weighted by atomic mass is 10.0. The summed E-state index contributed by atoms with van der Waals surface area (Å²) in [5.41, 5.74) is 1.08. The fourth-order valence-electron chi connectivity index (χ4n) is 2.42. The largest absolute Gasteiger partial charge is 0.493 e. The maximum atomic E-state index is 12.4. The molecule has 0 aliphatic heterocycles. The van der Waals surface area contributed by atoms with E-state index in [-0.39, 0.29) is 23.5 Å². The molecule has 1 saturated carbocycles. The van der Waals surface area contributed by atoms with Crippen molar-refractivity contribution >= 4 is 0 Å². The molecule has 0 aromatic heterocycles. The molecular formula is C15H21F2NO3. The van der Waals surface area contributed by atoms with Gasteiger partial charge >= 0.3 is 6.61 Å². The lowest BCUT2D eigenvalue weighted by Crippen LogP contribution is -2.24. The lowest BCUT2D eigenvalue weighted by Gasteiger charge is -2.15. The maximum absolute atomic E-state index is 12.4. The third-order valence-electron chi connectivity index (χ3n) is 3.87. The number of aliphatic hydroxyl groups excluding tert-OH is 1. The molecule has 1 aliphatic carbocycles. The summed E-state index contributed by atoms with van der Waals surface area (Å²) in [5.74, 6) is 0.335. The fourth-order valence-corrected chi connectivity index (χ4v) is 2.42. The Bertz CT molecular complexity index is 464. The molecule has 0 radical (unpaired) electrons. The van der Waals surface area contributed by atoms with Crippen LogP contribution in [0.15, 0.2) is 18.2 Å². The van der Waals surface area contributed by atoms with Crippen molar-refractivity contribution in [2.24, 2.45) is 5.41 Å². The van der Waals surface area contributed by atoms with Gasteiger partial charge in [-0.15, -0.1) is 0 Å². The molecule has 6 heteroatoms. The molecule has 1 aliphatic rings. The zero-order valence-corrected chi connectivity index (χ0v) is 12.1. The second-order valence-corrected chi connectivity index (χ2v) is 5.44. The standard InChI is InChI=1S/C15H21F2NO3/c1-20-12-3-2-11(8-13(12)21-14(16)17)9-18-10-15(4-5-15)6-7-19/h2-3,8,14,18-19H,4-7,9-10H2,1H3. The summed E-state index contributed by atoms with van der Waals surface area (Å²) in [6, 6.07) is 4.99. The highest BCUT2D eigenvalue weighted by Crippen LogP contribution is 2.47. The Morgan fingerprint density at radius 3 is 2.67 bits per heavy atom. The van der Waals surface area contributed by atoms with E-state index in [1.807, 2.05) is 6.07 Å². The van der Waals surface area contributed by atoms with Crippen LogP contribution < -0.4 is 14.8 Å². The van der Waals surface area contributed by atoms with E-state index in [9.17, 15) is 8.78 Å². The van der Waals surface area contributed by atoms with Crippen LogP contribution in [0.4, 0.5) is 8.78 Å². The Labute approximate surface area is 123 Å². The Hall–Kier alpha value is -1.40. The Morgan fingerprint density at radius 2 is 2.10 bits per heavy atom. The third-order valence-corrected chi connectivity index (χ3v) is 3.87. The topological polar surface area (TPSA) is 50.7 Å². The van der Waals surface area contributed by atoms with Gasteiger partial charge in [0.25, 0.3) is 0 Å². The van der Waals surface area contributed by atoms with Gasteiger partial charge in [0.05, 0.1) is 7.11 Å². The zero-order chi connectivity index (χ0) is 15.3. The number of alkyl halides is 2. The van der Waals surface area contributed by atoms with Crippen LogP contribution in [0.3, 0.4) is 0 Å². The van der Waals surface area contributed by atoms with Crippen molar-refractivity contribution in [1.29, 1.82) is 0 Å². The monoisotopic (exact) mass is 301 g/mol. The summed E-state index contributed by atoms with van der Waals surface area (Å²) in [5, 5.41) is 12.3. The highest BCUT2D eigenvalue weighted by atomic mass is 19.3. The van der Waals surface area contributed by atoms with Crippen molar-refractivity contribution in [2.45, 2.75) is 32.4 Å². The smallest absolute Gasteiger partial charge is 0.387 e. The Morgan fingerprint density at radius 1 is 1.33 bits per heavy atom. The normalized spacial score (nSPS) is 16.0. The molecule has 0 atom stereocenters. The van der Waals surface area contributed by atoms with Gasteiger partial charge in [0, 0.05) is 19.7 Å². The van der Waals surface area contributed by atoms with Crippen molar-refractivity contribution in [1.82, 2.24) is 5.32 Å². The van der Waals surface area contributed by atoms with E-state index in [1.54, 1.807) is 12.1 Å². The van der Waals surface area contributed by atoms with E-state index in [0.29, 0.717) is 6.54 Å². The van der Waals surface area contributed by atoms with Crippen LogP contribution in [0.5, 0.6) is 11.5 Å². The first kappa shape index (κ1) is 16.0. The molecular weight excluding hydrogens is 280 g/mol. The molecule has 0 spiro atoms.